The van der Waals surface area contributed by atoms with Gasteiger partial charge in [-0.15, -0.1) is 0 Å². The third-order valence-electron chi connectivity index (χ3n) is 7.06. The monoisotopic (exact) mass is 655 g/mol. The fourth-order valence-electron chi connectivity index (χ4n) is 4.77. The number of hydrogen-bond acceptors (Lipinski definition) is 11. The molecule has 0 unspecified atom stereocenters. The zero-order valence-corrected chi connectivity index (χ0v) is 26.5. The Morgan fingerprint density at radius 1 is 0.956 bits per heavy atom. The third-order valence-corrected chi connectivity index (χ3v) is 7.81. The molecular formula is C31H31Cl2N5O7. The van der Waals surface area contributed by atoms with Gasteiger partial charge in [0, 0.05) is 29.3 Å². The zero-order chi connectivity index (χ0) is 32.1. The van der Waals surface area contributed by atoms with E-state index in [2.05, 4.69) is 22.2 Å². The second-order valence-corrected chi connectivity index (χ2v) is 10.6. The molecule has 0 aliphatic carbocycles. The van der Waals surface area contributed by atoms with E-state index >= 15 is 0 Å². The Hall–Kier alpha value is -4.52. The molecule has 1 saturated heterocycles. The van der Waals surface area contributed by atoms with Gasteiger partial charge in [-0.1, -0.05) is 29.8 Å². The van der Waals surface area contributed by atoms with Crippen molar-refractivity contribution in [2.45, 2.75) is 18.7 Å². The van der Waals surface area contributed by atoms with Gasteiger partial charge in [-0.2, -0.15) is 0 Å². The number of anilines is 1. The molecule has 2 aromatic heterocycles. The van der Waals surface area contributed by atoms with Crippen LogP contribution in [0, 0.1) is 0 Å². The number of nitrogens with zero attached hydrogens (tertiary/aromatic N) is 3. The Labute approximate surface area is 269 Å². The highest BCUT2D eigenvalue weighted by molar-refractivity contribution is 6.41. The van der Waals surface area contributed by atoms with E-state index in [1.54, 1.807) is 38.6 Å². The Morgan fingerprint density at radius 3 is 2.24 bits per heavy atom. The molecule has 1 fully saturated rings. The number of ether oxygens (including phenoxy) is 6. The van der Waals surface area contributed by atoms with Crippen molar-refractivity contribution in [2.75, 3.05) is 47.0 Å². The molecule has 0 radical (unpaired) electrons. The van der Waals surface area contributed by atoms with Crippen LogP contribution in [0.2, 0.25) is 10.0 Å². The number of halogens is 2. The molecule has 12 nitrogen and oxygen atoms in total. The number of nitrogens with one attached hydrogen (secondary N) is 2. The first kappa shape index (κ1) is 31.9. The second-order valence-electron chi connectivity index (χ2n) is 9.85. The average Bonchev–Trinajstić information content (AvgIpc) is 3.49. The van der Waals surface area contributed by atoms with Crippen LogP contribution in [0.15, 0.2) is 49.2 Å². The maximum absolute atomic E-state index is 11.9. The highest BCUT2D eigenvalue weighted by Crippen LogP contribution is 2.46. The number of aromatic nitrogens is 3. The number of methoxy groups -OCH3 is 4. The van der Waals surface area contributed by atoms with Crippen molar-refractivity contribution in [2.24, 2.45) is 0 Å². The molecule has 0 bridgehead atoms. The molecular weight excluding hydrogens is 625 g/mol. The standard InChI is InChI=1S/C31H31Cl2N5O7/c1-6-25(39)35-21-14-44-15-22(21)37-31-34-12-17-9-20(26-27(32)23(42-4)11-24(43-5)28(26)33)36-30(29(17)38-31)45-13-16-7-18(40-2)10-19(8-16)41-3/h6-12,21-22H,1,13-15H2,2-5H3,(H,35,39)(H,34,37,38)/t21-,22+/m0/s1. The van der Waals surface area contributed by atoms with Crippen LogP contribution in [0.4, 0.5) is 5.95 Å². The summed E-state index contributed by atoms with van der Waals surface area (Å²) in [4.78, 5) is 26.0. The molecule has 0 spiro atoms. The zero-order valence-electron chi connectivity index (χ0n) is 25.0. The summed E-state index contributed by atoms with van der Waals surface area (Å²) >= 11 is 13.5. The fraction of sp³-hybridized carbons (Fsp3) is 0.290. The van der Waals surface area contributed by atoms with Gasteiger partial charge in [0.05, 0.1) is 69.5 Å². The number of carbonyl (C=O) groups is 1. The lowest BCUT2D eigenvalue weighted by Crippen LogP contribution is -2.45. The van der Waals surface area contributed by atoms with Crippen LogP contribution in [0.5, 0.6) is 28.9 Å². The molecule has 45 heavy (non-hydrogen) atoms. The van der Waals surface area contributed by atoms with Crippen molar-refractivity contribution in [3.8, 4) is 40.1 Å². The first-order valence-corrected chi connectivity index (χ1v) is 14.4. The highest BCUT2D eigenvalue weighted by Gasteiger charge is 2.30. The van der Waals surface area contributed by atoms with Crippen LogP contribution < -0.4 is 34.3 Å². The topological polar surface area (TPSA) is 135 Å². The Balaban J connectivity index is 1.58. The summed E-state index contributed by atoms with van der Waals surface area (Å²) < 4.78 is 33.6. The Bertz CT molecular complexity index is 1690. The van der Waals surface area contributed by atoms with E-state index < -0.39 is 0 Å². The summed E-state index contributed by atoms with van der Waals surface area (Å²) in [6, 6.07) is 8.18. The Kier molecular flexibility index (Phi) is 9.96. The molecule has 2 atom stereocenters. The van der Waals surface area contributed by atoms with Crippen LogP contribution in [-0.4, -0.2) is 74.6 Å². The summed E-state index contributed by atoms with van der Waals surface area (Å²) in [5.41, 5.74) is 1.95. The minimum Gasteiger partial charge on any atom is -0.497 e. The van der Waals surface area contributed by atoms with E-state index in [0.29, 0.717) is 58.4 Å². The van der Waals surface area contributed by atoms with Gasteiger partial charge in [0.2, 0.25) is 17.7 Å². The molecule has 3 heterocycles. The average molecular weight is 657 g/mol. The number of hydrogen-bond donors (Lipinski definition) is 2. The molecule has 14 heteroatoms. The highest BCUT2D eigenvalue weighted by atomic mass is 35.5. The van der Waals surface area contributed by atoms with Gasteiger partial charge in [-0.25, -0.2) is 15.0 Å². The smallest absolute Gasteiger partial charge is 0.243 e. The lowest BCUT2D eigenvalue weighted by molar-refractivity contribution is -0.117. The van der Waals surface area contributed by atoms with E-state index in [0.717, 1.165) is 5.56 Å². The van der Waals surface area contributed by atoms with Gasteiger partial charge in [-0.05, 0) is 29.8 Å². The van der Waals surface area contributed by atoms with Crippen molar-refractivity contribution in [1.29, 1.82) is 0 Å². The number of carbonyl (C=O) groups excluding carboxylic acids is 1. The number of fused-ring (bicyclic) bond motifs is 1. The lowest BCUT2D eigenvalue weighted by atomic mass is 10.1. The molecule has 2 N–H and O–H groups in total. The van der Waals surface area contributed by atoms with Gasteiger partial charge in [0.1, 0.15) is 35.1 Å². The Morgan fingerprint density at radius 2 is 1.62 bits per heavy atom. The number of amides is 1. The molecule has 2 aromatic carbocycles. The molecule has 1 aliphatic heterocycles. The molecule has 4 aromatic rings. The van der Waals surface area contributed by atoms with Crippen LogP contribution in [-0.2, 0) is 16.1 Å². The molecule has 1 aliphatic rings. The molecule has 1 amide bonds. The van der Waals surface area contributed by atoms with Crippen LogP contribution >= 0.6 is 23.2 Å². The van der Waals surface area contributed by atoms with Crippen LogP contribution in [0.25, 0.3) is 22.2 Å². The first-order chi connectivity index (χ1) is 21.8. The SMILES string of the molecule is C=CC(=O)N[C@H]1COC[C@H]1Nc1ncc2cc(-c3c(Cl)c(OC)cc(OC)c3Cl)nc(OCc3cc(OC)cc(OC)c3)c2n1. The summed E-state index contributed by atoms with van der Waals surface area (Å²) in [6.07, 6.45) is 2.84. The second kappa shape index (κ2) is 14.1. The molecule has 5 rings (SSSR count). The van der Waals surface area contributed by atoms with Crippen molar-refractivity contribution in [3.63, 3.8) is 0 Å². The van der Waals surface area contributed by atoms with Gasteiger partial charge >= 0.3 is 0 Å². The van der Waals surface area contributed by atoms with Crippen LogP contribution in [0.3, 0.4) is 0 Å². The van der Waals surface area contributed by atoms with E-state index in [-0.39, 0.29) is 46.5 Å². The summed E-state index contributed by atoms with van der Waals surface area (Å²) in [6.45, 7) is 4.28. The normalized spacial score (nSPS) is 15.8. The predicted octanol–water partition coefficient (Wildman–Crippen LogP) is 5.09. The van der Waals surface area contributed by atoms with Gasteiger partial charge in [-0.3, -0.25) is 4.79 Å². The van der Waals surface area contributed by atoms with E-state index in [1.165, 1.54) is 20.3 Å². The fourth-order valence-corrected chi connectivity index (χ4v) is 5.46. The van der Waals surface area contributed by atoms with Crippen molar-refractivity contribution < 1.29 is 33.2 Å². The minimum absolute atomic E-state index is 0.0981. The number of benzene rings is 2. The summed E-state index contributed by atoms with van der Waals surface area (Å²) in [7, 11) is 6.13. The van der Waals surface area contributed by atoms with Crippen molar-refractivity contribution >= 4 is 46.0 Å². The third kappa shape index (κ3) is 6.93. The minimum atomic E-state index is -0.304. The first-order valence-electron chi connectivity index (χ1n) is 13.7. The lowest BCUT2D eigenvalue weighted by Gasteiger charge is -2.20. The van der Waals surface area contributed by atoms with Crippen molar-refractivity contribution in [3.05, 3.63) is 64.8 Å². The van der Waals surface area contributed by atoms with Crippen LogP contribution in [0.1, 0.15) is 5.56 Å². The predicted molar refractivity (Wildman–Crippen MR) is 170 cm³/mol. The molecule has 0 saturated carbocycles. The van der Waals surface area contributed by atoms with E-state index in [9.17, 15) is 4.79 Å². The maximum Gasteiger partial charge on any atom is 0.243 e. The number of pyridine rings is 1. The van der Waals surface area contributed by atoms with Gasteiger partial charge in [0.15, 0.2) is 0 Å². The van der Waals surface area contributed by atoms with E-state index in [1.807, 2.05) is 12.1 Å². The van der Waals surface area contributed by atoms with E-state index in [4.69, 9.17) is 61.6 Å². The van der Waals surface area contributed by atoms with Gasteiger partial charge in [0.25, 0.3) is 0 Å². The number of rotatable bonds is 12. The largest absolute Gasteiger partial charge is 0.497 e. The molecule has 236 valence electrons. The summed E-state index contributed by atoms with van der Waals surface area (Å²) in [5, 5.41) is 7.19. The quantitative estimate of drug-likeness (QED) is 0.197. The van der Waals surface area contributed by atoms with Crippen molar-refractivity contribution in [1.82, 2.24) is 20.3 Å². The summed E-state index contributed by atoms with van der Waals surface area (Å²) in [5.74, 6) is 2.09. The maximum atomic E-state index is 11.9. The van der Waals surface area contributed by atoms with Gasteiger partial charge < -0.3 is 39.1 Å².